The average molecular weight is 461 g/mol. The number of halogens is 2. The summed E-state index contributed by atoms with van der Waals surface area (Å²) in [5.41, 5.74) is 2.89. The molecule has 4 nitrogen and oxygen atoms in total. The summed E-state index contributed by atoms with van der Waals surface area (Å²) in [7, 11) is 0. The van der Waals surface area contributed by atoms with Crippen LogP contribution in [0.5, 0.6) is 0 Å². The van der Waals surface area contributed by atoms with Crippen molar-refractivity contribution < 1.29 is 9.59 Å². The molecule has 1 aliphatic rings. The molecule has 166 valence electrons. The SMILES string of the molecule is Cc1cccc(CN(C(=O)Cc2ccc(Cl)c(Cl)c2)[C@@H](C)C(=O)NC2CCCCC2)c1. The van der Waals surface area contributed by atoms with Crippen LogP contribution in [0.3, 0.4) is 0 Å². The van der Waals surface area contributed by atoms with Crippen LogP contribution in [0.4, 0.5) is 0 Å². The summed E-state index contributed by atoms with van der Waals surface area (Å²) in [5.74, 6) is -0.215. The van der Waals surface area contributed by atoms with Crippen molar-refractivity contribution in [2.24, 2.45) is 0 Å². The Morgan fingerprint density at radius 2 is 1.77 bits per heavy atom. The predicted molar refractivity (Wildman–Crippen MR) is 126 cm³/mol. The average Bonchev–Trinajstić information content (AvgIpc) is 2.75. The molecule has 0 aliphatic heterocycles. The summed E-state index contributed by atoms with van der Waals surface area (Å²) >= 11 is 12.1. The second kappa shape index (κ2) is 11.0. The van der Waals surface area contributed by atoms with Gasteiger partial charge in [-0.05, 0) is 49.9 Å². The van der Waals surface area contributed by atoms with Gasteiger partial charge in [0.15, 0.2) is 0 Å². The highest BCUT2D eigenvalue weighted by Crippen LogP contribution is 2.24. The molecule has 1 N–H and O–H groups in total. The third-order valence-corrected chi connectivity index (χ3v) is 6.63. The van der Waals surface area contributed by atoms with Gasteiger partial charge in [0, 0.05) is 12.6 Å². The Morgan fingerprint density at radius 3 is 2.45 bits per heavy atom. The van der Waals surface area contributed by atoms with Crippen LogP contribution in [0.2, 0.25) is 10.0 Å². The van der Waals surface area contributed by atoms with Gasteiger partial charge in [-0.1, -0.05) is 78.4 Å². The van der Waals surface area contributed by atoms with Crippen LogP contribution in [0.1, 0.15) is 55.7 Å². The predicted octanol–water partition coefficient (Wildman–Crippen LogP) is 5.71. The van der Waals surface area contributed by atoms with E-state index in [1.807, 2.05) is 31.2 Å². The van der Waals surface area contributed by atoms with Crippen molar-refractivity contribution in [3.8, 4) is 0 Å². The minimum absolute atomic E-state index is 0.0953. The monoisotopic (exact) mass is 460 g/mol. The third-order valence-electron chi connectivity index (χ3n) is 5.89. The van der Waals surface area contributed by atoms with Crippen LogP contribution in [0, 0.1) is 6.92 Å². The standard InChI is InChI=1S/C25H30Cl2N2O2/c1-17-7-6-8-20(13-17)16-29(18(2)25(31)28-21-9-4-3-5-10-21)24(30)15-19-11-12-22(26)23(27)14-19/h6-8,11-14,18,21H,3-5,9-10,15-16H2,1-2H3,(H,28,31)/t18-/m0/s1. The lowest BCUT2D eigenvalue weighted by Gasteiger charge is -2.31. The summed E-state index contributed by atoms with van der Waals surface area (Å²) in [4.78, 5) is 28.0. The molecule has 31 heavy (non-hydrogen) atoms. The van der Waals surface area contributed by atoms with Crippen LogP contribution in [-0.2, 0) is 22.6 Å². The molecular formula is C25H30Cl2N2O2. The van der Waals surface area contributed by atoms with E-state index in [1.54, 1.807) is 30.0 Å². The molecule has 2 aromatic rings. The van der Waals surface area contributed by atoms with Crippen molar-refractivity contribution >= 4 is 35.0 Å². The number of nitrogens with zero attached hydrogens (tertiary/aromatic N) is 1. The number of carbonyl (C=O) groups is 2. The van der Waals surface area contributed by atoms with Gasteiger partial charge < -0.3 is 10.2 Å². The van der Waals surface area contributed by atoms with E-state index in [0.717, 1.165) is 42.4 Å². The molecule has 3 rings (SSSR count). The number of aryl methyl sites for hydroxylation is 1. The van der Waals surface area contributed by atoms with Crippen molar-refractivity contribution in [3.63, 3.8) is 0 Å². The molecular weight excluding hydrogens is 431 g/mol. The molecule has 0 bridgehead atoms. The largest absolute Gasteiger partial charge is 0.352 e. The van der Waals surface area contributed by atoms with E-state index in [1.165, 1.54) is 6.42 Å². The molecule has 6 heteroatoms. The zero-order valence-electron chi connectivity index (χ0n) is 18.2. The molecule has 1 aliphatic carbocycles. The summed E-state index contributed by atoms with van der Waals surface area (Å²) in [5, 5.41) is 4.03. The van der Waals surface area contributed by atoms with Crippen molar-refractivity contribution in [3.05, 3.63) is 69.2 Å². The van der Waals surface area contributed by atoms with E-state index in [2.05, 4.69) is 5.32 Å². The number of amides is 2. The van der Waals surface area contributed by atoms with Gasteiger partial charge >= 0.3 is 0 Å². The highest BCUT2D eigenvalue weighted by molar-refractivity contribution is 6.42. The maximum absolute atomic E-state index is 13.3. The normalized spacial score (nSPS) is 15.4. The summed E-state index contributed by atoms with van der Waals surface area (Å²) in [6, 6.07) is 12.8. The lowest BCUT2D eigenvalue weighted by atomic mass is 9.95. The van der Waals surface area contributed by atoms with Gasteiger partial charge in [-0.15, -0.1) is 0 Å². The van der Waals surface area contributed by atoms with Crippen LogP contribution >= 0.6 is 23.2 Å². The summed E-state index contributed by atoms with van der Waals surface area (Å²) in [6.45, 7) is 4.20. The van der Waals surface area contributed by atoms with Crippen LogP contribution in [0.25, 0.3) is 0 Å². The van der Waals surface area contributed by atoms with Gasteiger partial charge in [0.05, 0.1) is 16.5 Å². The fourth-order valence-electron chi connectivity index (χ4n) is 4.08. The maximum atomic E-state index is 13.3. The molecule has 0 aromatic heterocycles. The second-order valence-corrected chi connectivity index (χ2v) is 9.27. The molecule has 1 saturated carbocycles. The first-order valence-electron chi connectivity index (χ1n) is 10.9. The van der Waals surface area contributed by atoms with E-state index in [-0.39, 0.29) is 24.3 Å². The Kier molecular flexibility index (Phi) is 8.39. The Hall–Kier alpha value is -2.04. The zero-order chi connectivity index (χ0) is 22.4. The van der Waals surface area contributed by atoms with Gasteiger partial charge in [-0.3, -0.25) is 9.59 Å². The first-order chi connectivity index (χ1) is 14.8. The lowest BCUT2D eigenvalue weighted by molar-refractivity contribution is -0.140. The molecule has 1 atom stereocenters. The van der Waals surface area contributed by atoms with Crippen molar-refractivity contribution in [2.45, 2.75) is 71.0 Å². The number of rotatable bonds is 7. The number of carbonyl (C=O) groups excluding carboxylic acids is 2. The minimum atomic E-state index is -0.572. The molecule has 1 fully saturated rings. The fraction of sp³-hybridized carbons (Fsp3) is 0.440. The highest BCUT2D eigenvalue weighted by Gasteiger charge is 2.28. The summed E-state index contributed by atoms with van der Waals surface area (Å²) < 4.78 is 0. The Bertz CT molecular complexity index is 925. The molecule has 0 saturated heterocycles. The minimum Gasteiger partial charge on any atom is -0.352 e. The van der Waals surface area contributed by atoms with Crippen LogP contribution < -0.4 is 5.32 Å². The zero-order valence-corrected chi connectivity index (χ0v) is 19.7. The molecule has 2 aromatic carbocycles. The van der Waals surface area contributed by atoms with Crippen molar-refractivity contribution in [2.75, 3.05) is 0 Å². The molecule has 0 radical (unpaired) electrons. The molecule has 0 heterocycles. The van der Waals surface area contributed by atoms with Gasteiger partial charge in [0.1, 0.15) is 6.04 Å². The van der Waals surface area contributed by atoms with Gasteiger partial charge in [0.2, 0.25) is 11.8 Å². The Labute approximate surface area is 194 Å². The second-order valence-electron chi connectivity index (χ2n) is 8.46. The topological polar surface area (TPSA) is 49.4 Å². The van der Waals surface area contributed by atoms with Crippen LogP contribution in [0.15, 0.2) is 42.5 Å². The van der Waals surface area contributed by atoms with E-state index in [0.29, 0.717) is 16.6 Å². The van der Waals surface area contributed by atoms with Crippen LogP contribution in [-0.4, -0.2) is 28.8 Å². The first kappa shape index (κ1) is 23.6. The van der Waals surface area contributed by atoms with E-state index in [4.69, 9.17) is 23.2 Å². The van der Waals surface area contributed by atoms with Gasteiger partial charge in [0.25, 0.3) is 0 Å². The number of hydrogen-bond donors (Lipinski definition) is 1. The van der Waals surface area contributed by atoms with E-state index < -0.39 is 6.04 Å². The lowest BCUT2D eigenvalue weighted by Crippen LogP contribution is -2.50. The molecule has 0 spiro atoms. The van der Waals surface area contributed by atoms with Crippen molar-refractivity contribution in [1.82, 2.24) is 10.2 Å². The van der Waals surface area contributed by atoms with Crippen molar-refractivity contribution in [1.29, 1.82) is 0 Å². The fourth-order valence-corrected chi connectivity index (χ4v) is 4.40. The first-order valence-corrected chi connectivity index (χ1v) is 11.7. The highest BCUT2D eigenvalue weighted by atomic mass is 35.5. The molecule has 2 amide bonds. The Balaban J connectivity index is 1.77. The third kappa shape index (κ3) is 6.72. The maximum Gasteiger partial charge on any atom is 0.242 e. The number of hydrogen-bond acceptors (Lipinski definition) is 2. The van der Waals surface area contributed by atoms with Gasteiger partial charge in [-0.2, -0.15) is 0 Å². The smallest absolute Gasteiger partial charge is 0.242 e. The number of nitrogens with one attached hydrogen (secondary N) is 1. The quantitative estimate of drug-likeness (QED) is 0.574. The Morgan fingerprint density at radius 1 is 1.03 bits per heavy atom. The van der Waals surface area contributed by atoms with Gasteiger partial charge in [-0.25, -0.2) is 0 Å². The molecule has 0 unspecified atom stereocenters. The number of benzene rings is 2. The van der Waals surface area contributed by atoms with E-state index >= 15 is 0 Å². The summed E-state index contributed by atoms with van der Waals surface area (Å²) in [6.07, 6.45) is 5.68. The van der Waals surface area contributed by atoms with E-state index in [9.17, 15) is 9.59 Å².